The molecule has 5 N–H and O–H groups in total. The van der Waals surface area contributed by atoms with E-state index in [1.165, 1.54) is 0 Å². The van der Waals surface area contributed by atoms with Crippen LogP contribution in [-0.4, -0.2) is 11.3 Å². The lowest BCUT2D eigenvalue weighted by Crippen LogP contribution is -2.32. The molecule has 0 radical (unpaired) electrons. The van der Waals surface area contributed by atoms with E-state index in [1.54, 1.807) is 12.5 Å². The molecule has 2 aliphatic heterocycles. The van der Waals surface area contributed by atoms with Crippen LogP contribution in [0.15, 0.2) is 89.2 Å². The van der Waals surface area contributed by atoms with Crippen LogP contribution >= 0.6 is 0 Å². The number of hydrazine groups is 1. The lowest BCUT2D eigenvalue weighted by molar-refractivity contribution is 0.476. The van der Waals surface area contributed by atoms with Crippen LogP contribution in [-0.2, 0) is 0 Å². The van der Waals surface area contributed by atoms with E-state index in [4.69, 9.17) is 16.2 Å². The summed E-state index contributed by atoms with van der Waals surface area (Å²) in [4.78, 5) is 10.6. The molecule has 32 heavy (non-hydrogen) atoms. The third kappa shape index (κ3) is 3.58. The van der Waals surface area contributed by atoms with Gasteiger partial charge < -0.3 is 16.2 Å². The number of aromatic nitrogens is 1. The monoisotopic (exact) mass is 425 g/mol. The average Bonchev–Trinajstić information content (AvgIpc) is 3.24. The zero-order valence-electron chi connectivity index (χ0n) is 17.8. The van der Waals surface area contributed by atoms with E-state index in [0.717, 1.165) is 39.8 Å². The fourth-order valence-electron chi connectivity index (χ4n) is 3.53. The number of aliphatic imine (C=N–C) groups is 1. The molecular formula is C24H23N7O. The first kappa shape index (κ1) is 19.5. The normalized spacial score (nSPS) is 14.9. The van der Waals surface area contributed by atoms with Gasteiger partial charge in [-0.3, -0.25) is 20.3 Å². The van der Waals surface area contributed by atoms with Gasteiger partial charge in [-0.15, -0.1) is 0 Å². The number of nitrogens with one attached hydrogen (secondary N) is 1. The summed E-state index contributed by atoms with van der Waals surface area (Å²) in [6, 6.07) is 17.4. The molecule has 0 spiro atoms. The standard InChI is InChI=1S/C24H23N7O/c1-15-11-19(8-10-22(15)32-20-9-3-16(2)27-12-20)30-14-28-24(26)23-21(30)13-31(29-23)18-6-4-17(25)5-7-18/h3-14,29H,25-26H2,1-2H3. The van der Waals surface area contributed by atoms with Gasteiger partial charge in [-0.2, -0.15) is 0 Å². The molecular weight excluding hydrogens is 402 g/mol. The van der Waals surface area contributed by atoms with E-state index in [-0.39, 0.29) is 0 Å². The zero-order chi connectivity index (χ0) is 22.2. The molecule has 0 aliphatic carbocycles. The number of hydrogen-bond acceptors (Lipinski definition) is 8. The molecule has 8 heteroatoms. The summed E-state index contributed by atoms with van der Waals surface area (Å²) in [5.41, 5.74) is 21.4. The summed E-state index contributed by atoms with van der Waals surface area (Å²) in [5, 5.41) is 1.90. The van der Waals surface area contributed by atoms with Crippen LogP contribution in [0.2, 0.25) is 0 Å². The maximum Gasteiger partial charge on any atom is 0.152 e. The Balaban J connectivity index is 1.43. The van der Waals surface area contributed by atoms with Crippen LogP contribution in [0.5, 0.6) is 11.5 Å². The second-order valence-corrected chi connectivity index (χ2v) is 7.65. The Kier molecular flexibility index (Phi) is 4.67. The number of nitrogen functional groups attached to an aromatic ring is 1. The van der Waals surface area contributed by atoms with Gasteiger partial charge in [0, 0.05) is 17.1 Å². The Morgan fingerprint density at radius 2 is 1.72 bits per heavy atom. The highest BCUT2D eigenvalue weighted by Gasteiger charge is 2.29. The largest absolute Gasteiger partial charge is 0.455 e. The maximum atomic E-state index is 6.15. The summed E-state index contributed by atoms with van der Waals surface area (Å²) in [5.74, 6) is 1.89. The SMILES string of the molecule is Cc1ccc(Oc2ccc(N3C=NC(N)=C4NN(c5ccc(N)cc5)C=C43)cc2C)cn1. The van der Waals surface area contributed by atoms with Gasteiger partial charge in [-0.25, -0.2) is 4.99 Å². The molecule has 160 valence electrons. The minimum Gasteiger partial charge on any atom is -0.455 e. The van der Waals surface area contributed by atoms with Crippen LogP contribution < -0.4 is 31.5 Å². The van der Waals surface area contributed by atoms with Crippen molar-refractivity contribution in [3.05, 3.63) is 95.5 Å². The maximum absolute atomic E-state index is 6.15. The van der Waals surface area contributed by atoms with Crippen molar-refractivity contribution in [2.24, 2.45) is 10.7 Å². The number of aryl methyl sites for hydroxylation is 2. The van der Waals surface area contributed by atoms with Gasteiger partial charge in [-0.05, 0) is 74.0 Å². The molecule has 1 aromatic heterocycles. The van der Waals surface area contributed by atoms with Crippen molar-refractivity contribution in [1.29, 1.82) is 0 Å². The van der Waals surface area contributed by atoms with Crippen LogP contribution in [0.3, 0.4) is 0 Å². The van der Waals surface area contributed by atoms with Crippen molar-refractivity contribution in [1.82, 2.24) is 10.4 Å². The molecule has 0 saturated carbocycles. The highest BCUT2D eigenvalue weighted by molar-refractivity contribution is 5.89. The number of ether oxygens (including phenoxy) is 1. The first-order chi connectivity index (χ1) is 15.5. The molecule has 2 aliphatic rings. The van der Waals surface area contributed by atoms with Gasteiger partial charge in [-0.1, -0.05) is 0 Å². The molecule has 0 amide bonds. The second kappa shape index (κ2) is 7.66. The third-order valence-corrected chi connectivity index (χ3v) is 5.29. The lowest BCUT2D eigenvalue weighted by atomic mass is 10.1. The van der Waals surface area contributed by atoms with Gasteiger partial charge in [0.1, 0.15) is 23.5 Å². The van der Waals surface area contributed by atoms with Crippen molar-refractivity contribution >= 4 is 23.4 Å². The molecule has 0 fully saturated rings. The van der Waals surface area contributed by atoms with E-state index >= 15 is 0 Å². The number of pyridine rings is 1. The predicted molar refractivity (Wildman–Crippen MR) is 127 cm³/mol. The summed E-state index contributed by atoms with van der Waals surface area (Å²) in [6.07, 6.45) is 5.43. The van der Waals surface area contributed by atoms with Crippen LogP contribution in [0, 0.1) is 13.8 Å². The predicted octanol–water partition coefficient (Wildman–Crippen LogP) is 3.92. The fourth-order valence-corrected chi connectivity index (χ4v) is 3.53. The molecule has 3 aromatic rings. The minimum atomic E-state index is 0.425. The fraction of sp³-hybridized carbons (Fsp3) is 0.0833. The van der Waals surface area contributed by atoms with Crippen molar-refractivity contribution in [3.63, 3.8) is 0 Å². The summed E-state index contributed by atoms with van der Waals surface area (Å²) >= 11 is 0. The van der Waals surface area contributed by atoms with E-state index in [9.17, 15) is 0 Å². The Morgan fingerprint density at radius 1 is 0.938 bits per heavy atom. The van der Waals surface area contributed by atoms with Gasteiger partial charge in [0.05, 0.1) is 23.8 Å². The van der Waals surface area contributed by atoms with E-state index < -0.39 is 0 Å². The van der Waals surface area contributed by atoms with E-state index in [2.05, 4.69) is 21.5 Å². The van der Waals surface area contributed by atoms with Crippen molar-refractivity contribution in [2.75, 3.05) is 15.6 Å². The Labute approximate surface area is 186 Å². The van der Waals surface area contributed by atoms with Gasteiger partial charge >= 0.3 is 0 Å². The Hall–Kier alpha value is -4.46. The first-order valence-corrected chi connectivity index (χ1v) is 10.2. The molecule has 3 heterocycles. The molecule has 0 bridgehead atoms. The van der Waals surface area contributed by atoms with Crippen LogP contribution in [0.4, 0.5) is 17.1 Å². The Bertz CT molecular complexity index is 1260. The quantitative estimate of drug-likeness (QED) is 0.544. The highest BCUT2D eigenvalue weighted by Crippen LogP contribution is 2.34. The number of anilines is 3. The topological polar surface area (TPSA) is 105 Å². The molecule has 2 aromatic carbocycles. The summed E-state index contributed by atoms with van der Waals surface area (Å²) in [6.45, 7) is 3.95. The van der Waals surface area contributed by atoms with E-state index in [0.29, 0.717) is 17.3 Å². The molecule has 0 saturated heterocycles. The third-order valence-electron chi connectivity index (χ3n) is 5.29. The number of hydrogen-bond donors (Lipinski definition) is 3. The number of rotatable bonds is 4. The number of benzene rings is 2. The first-order valence-electron chi connectivity index (χ1n) is 10.2. The summed E-state index contributed by atoms with van der Waals surface area (Å²) < 4.78 is 6.01. The van der Waals surface area contributed by atoms with Crippen molar-refractivity contribution in [3.8, 4) is 11.5 Å². The highest BCUT2D eigenvalue weighted by atomic mass is 16.5. The van der Waals surface area contributed by atoms with Crippen molar-refractivity contribution < 1.29 is 4.74 Å². The van der Waals surface area contributed by atoms with Gasteiger partial charge in [0.25, 0.3) is 0 Å². The van der Waals surface area contributed by atoms with E-state index in [1.807, 2.05) is 78.5 Å². The number of fused-ring (bicyclic) bond motifs is 1. The van der Waals surface area contributed by atoms with Gasteiger partial charge in [0.15, 0.2) is 5.82 Å². The average molecular weight is 425 g/mol. The molecule has 8 nitrogen and oxygen atoms in total. The molecule has 0 unspecified atom stereocenters. The molecule has 5 rings (SSSR count). The van der Waals surface area contributed by atoms with Crippen molar-refractivity contribution in [2.45, 2.75) is 13.8 Å². The van der Waals surface area contributed by atoms with Crippen LogP contribution in [0.25, 0.3) is 0 Å². The minimum absolute atomic E-state index is 0.425. The smallest absolute Gasteiger partial charge is 0.152 e. The Morgan fingerprint density at radius 3 is 2.44 bits per heavy atom. The molecule has 0 atom stereocenters. The summed E-state index contributed by atoms with van der Waals surface area (Å²) in [7, 11) is 0. The van der Waals surface area contributed by atoms with Gasteiger partial charge in [0.2, 0.25) is 0 Å². The second-order valence-electron chi connectivity index (χ2n) is 7.65. The lowest BCUT2D eigenvalue weighted by Gasteiger charge is -2.25. The number of nitrogens with two attached hydrogens (primary N) is 2. The number of nitrogens with zero attached hydrogens (tertiary/aromatic N) is 4. The zero-order valence-corrected chi connectivity index (χ0v) is 17.8. The van der Waals surface area contributed by atoms with Crippen LogP contribution in [0.1, 0.15) is 11.3 Å².